The maximum absolute atomic E-state index is 15.0. The summed E-state index contributed by atoms with van der Waals surface area (Å²) >= 11 is 8.69. The van der Waals surface area contributed by atoms with E-state index in [4.69, 9.17) is 16.3 Å². The van der Waals surface area contributed by atoms with Crippen molar-refractivity contribution in [1.82, 2.24) is 4.57 Å². The Morgan fingerprint density at radius 1 is 1.30 bits per heavy atom. The summed E-state index contributed by atoms with van der Waals surface area (Å²) in [6.45, 7) is 1.50. The molecule has 3 rings (SSSR count). The number of carbonyl (C=O) groups is 1. The highest BCUT2D eigenvalue weighted by Crippen LogP contribution is 2.27. The molecule has 0 fully saturated rings. The zero-order chi connectivity index (χ0) is 21.8. The van der Waals surface area contributed by atoms with Crippen molar-refractivity contribution in [3.63, 3.8) is 0 Å². The average Bonchev–Trinajstić information content (AvgIpc) is 2.71. The second-order valence-electron chi connectivity index (χ2n) is 6.68. The predicted octanol–water partition coefficient (Wildman–Crippen LogP) is 4.49. The minimum atomic E-state index is -0.778. The first-order valence-corrected chi connectivity index (χ1v) is 11.3. The van der Waals surface area contributed by atoms with Crippen LogP contribution in [-0.2, 0) is 22.1 Å². The second-order valence-corrected chi connectivity index (χ2v) is 7.82. The number of hydrogen-bond donors (Lipinski definition) is 1. The number of rotatable bonds is 7. The molecule has 0 unspecified atom stereocenters. The minimum Gasteiger partial charge on any atom is -0.462 e. The summed E-state index contributed by atoms with van der Waals surface area (Å²) in [5.41, 5.74) is 1.59. The summed E-state index contributed by atoms with van der Waals surface area (Å²) in [5.74, 6) is -1.38. The molecular weight excluding hydrogens is 524 g/mol. The van der Waals surface area contributed by atoms with Crippen LogP contribution in [0.2, 0.25) is 5.02 Å². The van der Waals surface area contributed by atoms with Crippen molar-refractivity contribution < 1.29 is 19.0 Å². The number of pyridine rings is 1. The molecule has 0 bridgehead atoms. The fraction of sp³-hybridized carbons (Fsp3) is 0.273. The van der Waals surface area contributed by atoms with Crippen LogP contribution < -0.4 is 5.43 Å². The molecule has 2 aromatic carbocycles. The quantitative estimate of drug-likeness (QED) is 0.271. The van der Waals surface area contributed by atoms with Crippen LogP contribution in [0.5, 0.6) is 0 Å². The second kappa shape index (κ2) is 9.89. The summed E-state index contributed by atoms with van der Waals surface area (Å²) in [6.07, 6.45) is 1.57. The summed E-state index contributed by atoms with van der Waals surface area (Å²) in [7, 11) is 0. The standard InChI is InChI=1S/C22H20ClFINO4/c1-2-30-22(29)17-12-26(6-7-27)20-16(21(17)28)9-13(10-18(20)24)8-14-4-3-5-15(11-25)19(14)23/h3-5,9-10,12,27H,2,6-8,11H2,1H3. The van der Waals surface area contributed by atoms with E-state index in [-0.39, 0.29) is 36.2 Å². The van der Waals surface area contributed by atoms with E-state index >= 15 is 4.39 Å². The van der Waals surface area contributed by atoms with Crippen molar-refractivity contribution in [1.29, 1.82) is 0 Å². The van der Waals surface area contributed by atoms with Gasteiger partial charge in [0.05, 0.1) is 18.7 Å². The number of aliphatic hydroxyl groups excluding tert-OH is 1. The van der Waals surface area contributed by atoms with Crippen molar-refractivity contribution in [3.8, 4) is 0 Å². The monoisotopic (exact) mass is 543 g/mol. The van der Waals surface area contributed by atoms with Crippen molar-refractivity contribution in [2.75, 3.05) is 13.2 Å². The molecular formula is C22H20ClFINO4. The lowest BCUT2D eigenvalue weighted by Crippen LogP contribution is -2.22. The van der Waals surface area contributed by atoms with E-state index in [1.165, 1.54) is 16.8 Å². The van der Waals surface area contributed by atoms with Crippen LogP contribution >= 0.6 is 34.2 Å². The number of hydrogen-bond acceptors (Lipinski definition) is 4. The number of aromatic nitrogens is 1. The van der Waals surface area contributed by atoms with Gasteiger partial charge in [-0.3, -0.25) is 4.79 Å². The normalized spacial score (nSPS) is 11.1. The third-order valence-corrected chi connectivity index (χ3v) is 6.03. The highest BCUT2D eigenvalue weighted by Gasteiger charge is 2.19. The van der Waals surface area contributed by atoms with Gasteiger partial charge in [-0.15, -0.1) is 0 Å². The number of esters is 1. The highest BCUT2D eigenvalue weighted by atomic mass is 127. The predicted molar refractivity (Wildman–Crippen MR) is 123 cm³/mol. The average molecular weight is 544 g/mol. The number of fused-ring (bicyclic) bond motifs is 1. The lowest BCUT2D eigenvalue weighted by atomic mass is 10.00. The number of alkyl halides is 1. The number of benzene rings is 2. The molecule has 1 N–H and O–H groups in total. The first-order chi connectivity index (χ1) is 14.4. The van der Waals surface area contributed by atoms with Gasteiger partial charge in [-0.05, 0) is 42.2 Å². The van der Waals surface area contributed by atoms with Crippen LogP contribution in [0.15, 0.2) is 41.3 Å². The van der Waals surface area contributed by atoms with E-state index in [1.807, 2.05) is 18.2 Å². The van der Waals surface area contributed by atoms with Gasteiger partial charge < -0.3 is 14.4 Å². The van der Waals surface area contributed by atoms with Gasteiger partial charge in [0.1, 0.15) is 11.4 Å². The van der Waals surface area contributed by atoms with Crippen LogP contribution in [0.3, 0.4) is 0 Å². The molecule has 0 radical (unpaired) electrons. The molecule has 0 aliphatic heterocycles. The zero-order valence-corrected chi connectivity index (χ0v) is 19.2. The number of aliphatic hydroxyl groups is 1. The largest absolute Gasteiger partial charge is 0.462 e. The van der Waals surface area contributed by atoms with Crippen molar-refractivity contribution in [2.45, 2.75) is 24.3 Å². The summed E-state index contributed by atoms with van der Waals surface area (Å²) in [6, 6.07) is 8.61. The van der Waals surface area contributed by atoms with Crippen molar-refractivity contribution in [3.05, 3.63) is 79.8 Å². The summed E-state index contributed by atoms with van der Waals surface area (Å²) in [5, 5.41) is 10.0. The molecule has 0 saturated heterocycles. The van der Waals surface area contributed by atoms with Crippen molar-refractivity contribution >= 4 is 51.1 Å². The molecule has 0 spiro atoms. The molecule has 8 heteroatoms. The molecule has 0 saturated carbocycles. The van der Waals surface area contributed by atoms with Gasteiger partial charge in [0.25, 0.3) is 0 Å². The lowest BCUT2D eigenvalue weighted by Gasteiger charge is -2.14. The Morgan fingerprint density at radius 2 is 2.03 bits per heavy atom. The van der Waals surface area contributed by atoms with E-state index in [0.717, 1.165) is 15.6 Å². The van der Waals surface area contributed by atoms with Crippen LogP contribution in [0.1, 0.15) is 34.0 Å². The van der Waals surface area contributed by atoms with Gasteiger partial charge >= 0.3 is 5.97 Å². The number of nitrogens with zero attached hydrogens (tertiary/aromatic N) is 1. The van der Waals surface area contributed by atoms with E-state index in [0.29, 0.717) is 17.0 Å². The van der Waals surface area contributed by atoms with Gasteiger partial charge in [-0.1, -0.05) is 52.4 Å². The number of halogens is 3. The molecule has 5 nitrogen and oxygen atoms in total. The van der Waals surface area contributed by atoms with Crippen molar-refractivity contribution in [2.24, 2.45) is 0 Å². The van der Waals surface area contributed by atoms with Crippen LogP contribution in [-0.4, -0.2) is 28.9 Å². The topological polar surface area (TPSA) is 68.5 Å². The van der Waals surface area contributed by atoms with Crippen LogP contribution in [0.4, 0.5) is 4.39 Å². The fourth-order valence-corrected chi connectivity index (χ4v) is 4.50. The number of ether oxygens (including phenoxy) is 1. The summed E-state index contributed by atoms with van der Waals surface area (Å²) in [4.78, 5) is 25.2. The first kappa shape index (κ1) is 22.7. The Kier molecular flexibility index (Phi) is 7.49. The molecule has 0 amide bonds. The van der Waals surface area contributed by atoms with Crippen LogP contribution in [0.25, 0.3) is 10.9 Å². The minimum absolute atomic E-state index is 0.0307. The molecule has 0 aliphatic rings. The molecule has 0 aliphatic carbocycles. The number of carbonyl (C=O) groups excluding carboxylic acids is 1. The smallest absolute Gasteiger partial charge is 0.343 e. The molecule has 3 aromatic rings. The molecule has 1 aromatic heterocycles. The van der Waals surface area contributed by atoms with Gasteiger partial charge in [0.2, 0.25) is 5.43 Å². The Morgan fingerprint density at radius 3 is 2.70 bits per heavy atom. The summed E-state index contributed by atoms with van der Waals surface area (Å²) < 4.78 is 22.1. The molecule has 158 valence electrons. The van der Waals surface area contributed by atoms with Gasteiger partial charge in [0.15, 0.2) is 0 Å². The maximum atomic E-state index is 15.0. The highest BCUT2D eigenvalue weighted by molar-refractivity contribution is 14.1. The van der Waals surface area contributed by atoms with Gasteiger partial charge in [-0.2, -0.15) is 0 Å². The zero-order valence-electron chi connectivity index (χ0n) is 16.3. The first-order valence-electron chi connectivity index (χ1n) is 9.37. The van der Waals surface area contributed by atoms with E-state index < -0.39 is 17.2 Å². The maximum Gasteiger partial charge on any atom is 0.343 e. The van der Waals surface area contributed by atoms with E-state index in [1.54, 1.807) is 13.0 Å². The Bertz CT molecular complexity index is 1160. The third-order valence-electron chi connectivity index (χ3n) is 4.72. The molecule has 1 heterocycles. The fourth-order valence-electron chi connectivity index (χ4n) is 3.38. The molecule has 30 heavy (non-hydrogen) atoms. The molecule has 0 atom stereocenters. The third kappa shape index (κ3) is 4.53. The van der Waals surface area contributed by atoms with E-state index in [2.05, 4.69) is 22.6 Å². The van der Waals surface area contributed by atoms with Gasteiger partial charge in [0, 0.05) is 27.6 Å². The van der Waals surface area contributed by atoms with E-state index in [9.17, 15) is 14.7 Å². The van der Waals surface area contributed by atoms with Crippen LogP contribution in [0, 0.1) is 5.82 Å². The lowest BCUT2D eigenvalue weighted by molar-refractivity contribution is 0.0524. The Balaban J connectivity index is 2.19. The Hall–Kier alpha value is -1.97. The Labute approximate surface area is 191 Å². The van der Waals surface area contributed by atoms with Gasteiger partial charge in [-0.25, -0.2) is 9.18 Å². The SMILES string of the molecule is CCOC(=O)c1cn(CCO)c2c(F)cc(Cc3cccc(CI)c3Cl)cc2c1=O.